The molecule has 1 aliphatic heterocycles. The van der Waals surface area contributed by atoms with Gasteiger partial charge >= 0.3 is 6.18 Å². The van der Waals surface area contributed by atoms with Crippen molar-refractivity contribution < 1.29 is 32.2 Å². The zero-order chi connectivity index (χ0) is 33.1. The van der Waals surface area contributed by atoms with Crippen LogP contribution in [0.4, 0.5) is 18.9 Å². The summed E-state index contributed by atoms with van der Waals surface area (Å²) in [4.78, 5) is 34.4. The van der Waals surface area contributed by atoms with Gasteiger partial charge in [0.1, 0.15) is 17.2 Å². The largest absolute Gasteiger partial charge is 0.497 e. The topological polar surface area (TPSA) is 88.9 Å². The molecule has 0 atom stereocenters. The molecule has 1 aliphatic rings. The van der Waals surface area contributed by atoms with Crippen molar-refractivity contribution in [3.05, 3.63) is 114 Å². The van der Waals surface area contributed by atoms with E-state index in [-0.39, 0.29) is 17.4 Å². The van der Waals surface area contributed by atoms with Crippen LogP contribution in [0.3, 0.4) is 0 Å². The molecular weight excluding hydrogens is 611 g/mol. The lowest BCUT2D eigenvalue weighted by atomic mass is 10.1. The number of fused-ring (bicyclic) bond motifs is 1. The van der Waals surface area contributed by atoms with Crippen LogP contribution in [-0.2, 0) is 19.8 Å². The Balaban J connectivity index is 1.05. The maximum atomic E-state index is 13.5. The highest BCUT2D eigenvalue weighted by molar-refractivity contribution is 6.04. The van der Waals surface area contributed by atoms with Crippen molar-refractivity contribution in [2.24, 2.45) is 7.05 Å². The SMILES string of the molecule is COc1ccc(CN2CCN(C(=O)c3cc4cc(Oc5ccc(NC(=O)c6ccc(C(F)(F)F)cc6)cn5)ccc4n3C)CC2)cc1. The minimum atomic E-state index is -4.48. The van der Waals surface area contributed by atoms with Crippen LogP contribution < -0.4 is 14.8 Å². The fourth-order valence-electron chi connectivity index (χ4n) is 5.51. The van der Waals surface area contributed by atoms with Gasteiger partial charge in [-0.2, -0.15) is 13.2 Å². The molecule has 0 unspecified atom stereocenters. The number of aromatic nitrogens is 2. The summed E-state index contributed by atoms with van der Waals surface area (Å²) in [6.07, 6.45) is -3.08. The van der Waals surface area contributed by atoms with E-state index in [1.165, 1.54) is 11.8 Å². The number of hydrogen-bond acceptors (Lipinski definition) is 6. The molecule has 3 aromatic carbocycles. The first-order valence-corrected chi connectivity index (χ1v) is 14.9. The summed E-state index contributed by atoms with van der Waals surface area (Å²) < 4.78 is 51.4. The average Bonchev–Trinajstić information content (AvgIpc) is 3.41. The molecule has 2 aromatic heterocycles. The van der Waals surface area contributed by atoms with E-state index in [4.69, 9.17) is 9.47 Å². The first-order chi connectivity index (χ1) is 22.6. The molecule has 3 heterocycles. The summed E-state index contributed by atoms with van der Waals surface area (Å²) in [7, 11) is 3.52. The number of pyridine rings is 1. The number of rotatable bonds is 8. The number of carbonyl (C=O) groups is 2. The van der Waals surface area contributed by atoms with Gasteiger partial charge in [0, 0.05) is 62.3 Å². The van der Waals surface area contributed by atoms with Crippen LogP contribution in [0, 0.1) is 0 Å². The molecule has 2 amide bonds. The predicted molar refractivity (Wildman–Crippen MR) is 171 cm³/mol. The molecule has 242 valence electrons. The fraction of sp³-hybridized carbons (Fsp3) is 0.229. The summed E-state index contributed by atoms with van der Waals surface area (Å²) in [6, 6.07) is 22.5. The Kier molecular flexibility index (Phi) is 8.86. The van der Waals surface area contributed by atoms with Crippen molar-refractivity contribution in [2.75, 3.05) is 38.6 Å². The molecule has 12 heteroatoms. The van der Waals surface area contributed by atoms with E-state index in [0.717, 1.165) is 60.6 Å². The second-order valence-corrected chi connectivity index (χ2v) is 11.2. The number of benzene rings is 3. The maximum absolute atomic E-state index is 13.5. The first-order valence-electron chi connectivity index (χ1n) is 14.9. The number of carbonyl (C=O) groups excluding carboxylic acids is 2. The second kappa shape index (κ2) is 13.2. The number of halogens is 3. The van der Waals surface area contributed by atoms with Gasteiger partial charge in [-0.3, -0.25) is 14.5 Å². The molecule has 0 radical (unpaired) electrons. The molecule has 1 N–H and O–H groups in total. The third kappa shape index (κ3) is 7.23. The number of nitrogens with one attached hydrogen (secondary N) is 1. The van der Waals surface area contributed by atoms with Gasteiger partial charge in [-0.1, -0.05) is 12.1 Å². The molecule has 6 rings (SSSR count). The van der Waals surface area contributed by atoms with Crippen molar-refractivity contribution >= 4 is 28.4 Å². The highest BCUT2D eigenvalue weighted by Gasteiger charge is 2.30. The zero-order valence-corrected chi connectivity index (χ0v) is 25.8. The quantitative estimate of drug-likeness (QED) is 0.205. The van der Waals surface area contributed by atoms with Crippen LogP contribution >= 0.6 is 0 Å². The second-order valence-electron chi connectivity index (χ2n) is 11.2. The number of alkyl halides is 3. The highest BCUT2D eigenvalue weighted by Crippen LogP contribution is 2.30. The van der Waals surface area contributed by atoms with E-state index in [0.29, 0.717) is 30.2 Å². The van der Waals surface area contributed by atoms with Crippen LogP contribution in [0.25, 0.3) is 10.9 Å². The van der Waals surface area contributed by atoms with Crippen molar-refractivity contribution in [3.63, 3.8) is 0 Å². The van der Waals surface area contributed by atoms with Crippen LogP contribution in [0.2, 0.25) is 0 Å². The van der Waals surface area contributed by atoms with E-state index in [1.54, 1.807) is 25.3 Å². The summed E-state index contributed by atoms with van der Waals surface area (Å²) >= 11 is 0. The normalized spacial score (nSPS) is 13.9. The van der Waals surface area contributed by atoms with Gasteiger partial charge in [-0.05, 0) is 72.3 Å². The Morgan fingerprint density at radius 2 is 1.57 bits per heavy atom. The van der Waals surface area contributed by atoms with Crippen molar-refractivity contribution in [3.8, 4) is 17.4 Å². The van der Waals surface area contributed by atoms with E-state index in [1.807, 2.05) is 46.8 Å². The van der Waals surface area contributed by atoms with Crippen molar-refractivity contribution in [2.45, 2.75) is 12.7 Å². The minimum absolute atomic E-state index is 0.0223. The number of piperazine rings is 1. The molecule has 0 bridgehead atoms. The van der Waals surface area contributed by atoms with Crippen LogP contribution in [0.1, 0.15) is 32.0 Å². The van der Waals surface area contributed by atoms with Gasteiger partial charge < -0.3 is 24.3 Å². The summed E-state index contributed by atoms with van der Waals surface area (Å²) in [6.45, 7) is 3.65. The van der Waals surface area contributed by atoms with Crippen LogP contribution in [-0.4, -0.2) is 64.5 Å². The Labute approximate surface area is 269 Å². The van der Waals surface area contributed by atoms with E-state index < -0.39 is 17.6 Å². The summed E-state index contributed by atoms with van der Waals surface area (Å²) in [5, 5.41) is 3.45. The Bertz CT molecular complexity index is 1880. The standard InChI is InChI=1S/C35H32F3N5O4/c1-41-30-13-12-29(47-32-14-9-27(21-39-32)40-33(44)24-5-7-26(8-6-24)35(36,37)38)19-25(30)20-31(41)34(45)43-17-15-42(16-18-43)22-23-3-10-28(46-2)11-4-23/h3-14,19-21H,15-18,22H2,1-2H3,(H,40,44). The van der Waals surface area contributed by atoms with Crippen molar-refractivity contribution in [1.29, 1.82) is 0 Å². The number of methoxy groups -OCH3 is 1. The number of amides is 2. The third-order valence-corrected chi connectivity index (χ3v) is 8.15. The number of anilines is 1. The lowest BCUT2D eigenvalue weighted by Crippen LogP contribution is -2.48. The predicted octanol–water partition coefficient (Wildman–Crippen LogP) is 6.60. The highest BCUT2D eigenvalue weighted by atomic mass is 19.4. The Morgan fingerprint density at radius 1 is 0.872 bits per heavy atom. The third-order valence-electron chi connectivity index (χ3n) is 8.15. The van der Waals surface area contributed by atoms with Gasteiger partial charge in [0.25, 0.3) is 11.8 Å². The number of hydrogen-bond donors (Lipinski definition) is 1. The summed E-state index contributed by atoms with van der Waals surface area (Å²) in [5.41, 5.74) is 2.28. The Hall–Kier alpha value is -5.36. The lowest BCUT2D eigenvalue weighted by molar-refractivity contribution is -0.137. The first kappa shape index (κ1) is 31.6. The van der Waals surface area contributed by atoms with Gasteiger partial charge in [0.15, 0.2) is 0 Å². The Morgan fingerprint density at radius 3 is 2.21 bits per heavy atom. The number of aryl methyl sites for hydroxylation is 1. The van der Waals surface area contributed by atoms with Crippen LogP contribution in [0.5, 0.6) is 17.4 Å². The monoisotopic (exact) mass is 643 g/mol. The fourth-order valence-corrected chi connectivity index (χ4v) is 5.51. The molecule has 47 heavy (non-hydrogen) atoms. The molecule has 9 nitrogen and oxygen atoms in total. The van der Waals surface area contributed by atoms with Gasteiger partial charge in [-0.15, -0.1) is 0 Å². The van der Waals surface area contributed by atoms with Crippen LogP contribution in [0.15, 0.2) is 91.1 Å². The molecule has 0 spiro atoms. The minimum Gasteiger partial charge on any atom is -0.497 e. The molecule has 1 saturated heterocycles. The molecule has 0 aliphatic carbocycles. The van der Waals surface area contributed by atoms with E-state index in [2.05, 4.69) is 27.3 Å². The number of ether oxygens (including phenoxy) is 2. The van der Waals surface area contributed by atoms with Gasteiger partial charge in [0.05, 0.1) is 24.6 Å². The lowest BCUT2D eigenvalue weighted by Gasteiger charge is -2.34. The van der Waals surface area contributed by atoms with Crippen molar-refractivity contribution in [1.82, 2.24) is 19.4 Å². The van der Waals surface area contributed by atoms with E-state index in [9.17, 15) is 22.8 Å². The molecular formula is C35H32F3N5O4. The zero-order valence-electron chi connectivity index (χ0n) is 25.8. The maximum Gasteiger partial charge on any atom is 0.416 e. The smallest absolute Gasteiger partial charge is 0.416 e. The average molecular weight is 644 g/mol. The van der Waals surface area contributed by atoms with Gasteiger partial charge in [0.2, 0.25) is 5.88 Å². The number of nitrogens with zero attached hydrogens (tertiary/aromatic N) is 4. The molecule has 1 fully saturated rings. The van der Waals surface area contributed by atoms with E-state index >= 15 is 0 Å². The molecule has 0 saturated carbocycles. The summed E-state index contributed by atoms with van der Waals surface area (Å²) in [5.74, 6) is 1.03. The molecule has 5 aromatic rings. The van der Waals surface area contributed by atoms with Gasteiger partial charge in [-0.25, -0.2) is 4.98 Å².